The van der Waals surface area contributed by atoms with E-state index in [2.05, 4.69) is 5.32 Å². The molecule has 0 bridgehead atoms. The van der Waals surface area contributed by atoms with Gasteiger partial charge in [-0.2, -0.15) is 0 Å². The summed E-state index contributed by atoms with van der Waals surface area (Å²) in [6, 6.07) is 4.96. The normalized spacial score (nSPS) is 16.2. The third-order valence-corrected chi connectivity index (χ3v) is 4.50. The fourth-order valence-electron chi connectivity index (χ4n) is 2.89. The lowest BCUT2D eigenvalue weighted by atomic mass is 9.93. The monoisotopic (exact) mass is 335 g/mol. The van der Waals surface area contributed by atoms with E-state index in [-0.39, 0.29) is 12.5 Å². The van der Waals surface area contributed by atoms with Gasteiger partial charge in [-0.15, -0.1) is 0 Å². The highest BCUT2D eigenvalue weighted by Gasteiger charge is 2.49. The average Bonchev–Trinajstić information content (AvgIpc) is 2.82. The number of urea groups is 1. The minimum Gasteiger partial charge on any atom is -0.323 e. The average molecular weight is 335 g/mol. The molecule has 7 heteroatoms. The minimum absolute atomic E-state index is 0.336. The van der Waals surface area contributed by atoms with Crippen molar-refractivity contribution in [1.29, 1.82) is 0 Å². The maximum atomic E-state index is 13.0. The van der Waals surface area contributed by atoms with Crippen molar-refractivity contribution in [3.05, 3.63) is 30.1 Å². The summed E-state index contributed by atoms with van der Waals surface area (Å²) in [7, 11) is 0. The fraction of sp³-hybridized carbons (Fsp3) is 0.471. The molecule has 0 saturated carbocycles. The summed E-state index contributed by atoms with van der Waals surface area (Å²) in [4.78, 5) is 39.6. The maximum Gasteiger partial charge on any atom is 0.325 e. The molecular formula is C17H22FN3O3. The Bertz CT molecular complexity index is 641. The molecule has 0 unspecified atom stereocenters. The van der Waals surface area contributed by atoms with Crippen LogP contribution in [-0.2, 0) is 9.59 Å². The Balaban J connectivity index is 2.17. The summed E-state index contributed by atoms with van der Waals surface area (Å²) in [6.07, 6.45) is 0.933. The zero-order valence-corrected chi connectivity index (χ0v) is 14.1. The lowest BCUT2D eigenvalue weighted by molar-refractivity contribution is -0.134. The van der Waals surface area contributed by atoms with Crippen LogP contribution in [0.2, 0.25) is 0 Å². The van der Waals surface area contributed by atoms with E-state index < -0.39 is 23.3 Å². The molecule has 1 N–H and O–H groups in total. The molecule has 4 amide bonds. The Kier molecular flexibility index (Phi) is 5.21. The first-order chi connectivity index (χ1) is 11.4. The van der Waals surface area contributed by atoms with Crippen LogP contribution in [0.25, 0.3) is 0 Å². The first-order valence-electron chi connectivity index (χ1n) is 8.08. The molecule has 6 nitrogen and oxygen atoms in total. The summed E-state index contributed by atoms with van der Waals surface area (Å²) in [5.41, 5.74) is -0.405. The van der Waals surface area contributed by atoms with Crippen molar-refractivity contribution in [1.82, 2.24) is 10.2 Å². The molecule has 0 aromatic heterocycles. The van der Waals surface area contributed by atoms with Crippen LogP contribution in [0.15, 0.2) is 24.3 Å². The number of nitrogens with one attached hydrogen (secondary N) is 1. The third kappa shape index (κ3) is 3.11. The minimum atomic E-state index is -0.926. The number of carbonyl (C=O) groups excluding carboxylic acids is 3. The van der Waals surface area contributed by atoms with E-state index >= 15 is 0 Å². The van der Waals surface area contributed by atoms with Gasteiger partial charge in [0.05, 0.1) is 0 Å². The number of hydrogen-bond acceptors (Lipinski definition) is 3. The Labute approximate surface area is 140 Å². The standard InChI is InChI=1S/C17H22FN3O3/c1-4-17(5-2)15(23)21(16(24)19-17)11-14(22)20(6-3)13-9-7-12(18)8-10-13/h7-10H,4-6,11H2,1-3H3,(H,19,24). The number of halogens is 1. The predicted molar refractivity (Wildman–Crippen MR) is 88.0 cm³/mol. The Morgan fingerprint density at radius 3 is 2.21 bits per heavy atom. The van der Waals surface area contributed by atoms with E-state index in [0.29, 0.717) is 25.1 Å². The Morgan fingerprint density at radius 1 is 1.17 bits per heavy atom. The van der Waals surface area contributed by atoms with Gasteiger partial charge in [0, 0.05) is 12.2 Å². The number of likely N-dealkylation sites (N-methyl/N-ethyl adjacent to an activating group) is 1. The molecule has 1 heterocycles. The van der Waals surface area contributed by atoms with Gasteiger partial charge in [0.1, 0.15) is 17.9 Å². The second-order valence-electron chi connectivity index (χ2n) is 5.73. The van der Waals surface area contributed by atoms with Crippen LogP contribution < -0.4 is 10.2 Å². The largest absolute Gasteiger partial charge is 0.325 e. The van der Waals surface area contributed by atoms with Crippen LogP contribution >= 0.6 is 0 Å². The van der Waals surface area contributed by atoms with Crippen LogP contribution in [0, 0.1) is 5.82 Å². The molecule has 0 spiro atoms. The highest BCUT2D eigenvalue weighted by Crippen LogP contribution is 2.25. The molecule has 0 aliphatic carbocycles. The number of carbonyl (C=O) groups is 3. The van der Waals surface area contributed by atoms with E-state index in [1.807, 2.05) is 13.8 Å². The molecule has 1 aromatic rings. The Morgan fingerprint density at radius 2 is 1.75 bits per heavy atom. The molecule has 1 fully saturated rings. The molecule has 24 heavy (non-hydrogen) atoms. The number of rotatable bonds is 6. The fourth-order valence-corrected chi connectivity index (χ4v) is 2.89. The lowest BCUT2D eigenvalue weighted by Crippen LogP contribution is -2.47. The second kappa shape index (κ2) is 6.98. The summed E-state index contributed by atoms with van der Waals surface area (Å²) in [5, 5.41) is 2.69. The lowest BCUT2D eigenvalue weighted by Gasteiger charge is -2.25. The van der Waals surface area contributed by atoms with E-state index in [4.69, 9.17) is 0 Å². The number of amides is 4. The van der Waals surface area contributed by atoms with Crippen molar-refractivity contribution in [3.8, 4) is 0 Å². The van der Waals surface area contributed by atoms with Gasteiger partial charge in [-0.3, -0.25) is 14.5 Å². The molecule has 0 atom stereocenters. The highest BCUT2D eigenvalue weighted by atomic mass is 19.1. The van der Waals surface area contributed by atoms with E-state index in [0.717, 1.165) is 4.90 Å². The van der Waals surface area contributed by atoms with Gasteiger partial charge in [0.2, 0.25) is 5.91 Å². The van der Waals surface area contributed by atoms with Gasteiger partial charge in [-0.05, 0) is 44.0 Å². The molecule has 2 rings (SSSR count). The summed E-state index contributed by atoms with van der Waals surface area (Å²) in [5.74, 6) is -1.16. The van der Waals surface area contributed by atoms with Crippen molar-refractivity contribution < 1.29 is 18.8 Å². The zero-order valence-electron chi connectivity index (χ0n) is 14.1. The zero-order chi connectivity index (χ0) is 17.9. The van der Waals surface area contributed by atoms with Gasteiger partial charge >= 0.3 is 6.03 Å². The quantitative estimate of drug-likeness (QED) is 0.811. The summed E-state index contributed by atoms with van der Waals surface area (Å²) in [6.45, 7) is 5.43. The van der Waals surface area contributed by atoms with Gasteiger partial charge in [0.25, 0.3) is 5.91 Å². The number of anilines is 1. The molecule has 1 aliphatic heterocycles. The number of benzene rings is 1. The molecule has 0 radical (unpaired) electrons. The van der Waals surface area contributed by atoms with Crippen LogP contribution in [0.3, 0.4) is 0 Å². The number of hydrogen-bond donors (Lipinski definition) is 1. The van der Waals surface area contributed by atoms with Crippen LogP contribution in [0.5, 0.6) is 0 Å². The van der Waals surface area contributed by atoms with E-state index in [9.17, 15) is 18.8 Å². The summed E-state index contributed by atoms with van der Waals surface area (Å²) >= 11 is 0. The van der Waals surface area contributed by atoms with Crippen LogP contribution in [0.4, 0.5) is 14.9 Å². The van der Waals surface area contributed by atoms with Crippen molar-refractivity contribution in [2.24, 2.45) is 0 Å². The first-order valence-corrected chi connectivity index (χ1v) is 8.08. The predicted octanol–water partition coefficient (Wildman–Crippen LogP) is 2.29. The van der Waals surface area contributed by atoms with Gasteiger partial charge < -0.3 is 10.2 Å². The Hall–Kier alpha value is -2.44. The maximum absolute atomic E-state index is 13.0. The molecule has 1 aromatic carbocycles. The highest BCUT2D eigenvalue weighted by molar-refractivity contribution is 6.10. The first kappa shape index (κ1) is 17.9. The smallest absolute Gasteiger partial charge is 0.323 e. The van der Waals surface area contributed by atoms with Crippen LogP contribution in [-0.4, -0.2) is 41.4 Å². The topological polar surface area (TPSA) is 69.7 Å². The molecular weight excluding hydrogens is 313 g/mol. The number of imide groups is 1. The van der Waals surface area contributed by atoms with Crippen molar-refractivity contribution in [2.75, 3.05) is 18.0 Å². The van der Waals surface area contributed by atoms with Gasteiger partial charge in [-0.1, -0.05) is 13.8 Å². The van der Waals surface area contributed by atoms with Gasteiger partial charge in [0.15, 0.2) is 0 Å². The number of nitrogens with zero attached hydrogens (tertiary/aromatic N) is 2. The SMILES string of the molecule is CCN(C(=O)CN1C(=O)NC(CC)(CC)C1=O)c1ccc(F)cc1. The third-order valence-electron chi connectivity index (χ3n) is 4.50. The van der Waals surface area contributed by atoms with Crippen molar-refractivity contribution in [2.45, 2.75) is 39.2 Å². The van der Waals surface area contributed by atoms with E-state index in [1.54, 1.807) is 6.92 Å². The molecule has 1 aliphatic rings. The summed E-state index contributed by atoms with van der Waals surface area (Å²) < 4.78 is 13.0. The van der Waals surface area contributed by atoms with E-state index in [1.165, 1.54) is 29.2 Å². The molecule has 130 valence electrons. The van der Waals surface area contributed by atoms with Gasteiger partial charge in [-0.25, -0.2) is 9.18 Å². The molecule has 1 saturated heterocycles. The van der Waals surface area contributed by atoms with Crippen molar-refractivity contribution in [3.63, 3.8) is 0 Å². The van der Waals surface area contributed by atoms with Crippen LogP contribution in [0.1, 0.15) is 33.6 Å². The second-order valence-corrected chi connectivity index (χ2v) is 5.73. The van der Waals surface area contributed by atoms with Crippen molar-refractivity contribution >= 4 is 23.5 Å².